The van der Waals surface area contributed by atoms with E-state index in [1.54, 1.807) is 12.1 Å². The zero-order valence-electron chi connectivity index (χ0n) is 10.7. The summed E-state index contributed by atoms with van der Waals surface area (Å²) >= 11 is 4.50. The molecule has 1 aromatic carbocycles. The Balaban J connectivity index is 2.21. The van der Waals surface area contributed by atoms with Crippen LogP contribution in [-0.2, 0) is 10.0 Å². The Bertz CT molecular complexity index is 790. The van der Waals surface area contributed by atoms with Gasteiger partial charge in [-0.3, -0.25) is 9.52 Å². The molecule has 0 saturated heterocycles. The minimum absolute atomic E-state index is 0.220. The van der Waals surface area contributed by atoms with E-state index < -0.39 is 15.8 Å². The van der Waals surface area contributed by atoms with Crippen molar-refractivity contribution < 1.29 is 17.6 Å². The molecule has 0 aliphatic heterocycles. The molecule has 0 spiro atoms. The van der Waals surface area contributed by atoms with E-state index in [4.69, 9.17) is 0 Å². The first-order valence-corrected chi connectivity index (χ1v) is 9.09. The molecular formula is C12H10BrFN2O3S2. The standard InChI is InChI=1S/C12H10BrFN2O3S2/c1-21(18,19)16-9-6-7(2-3-8(9)14)15-12(17)10-4-5-11(13)20-10/h2-6,16H,1H3,(H,15,17). The van der Waals surface area contributed by atoms with Crippen LogP contribution in [0.2, 0.25) is 0 Å². The van der Waals surface area contributed by atoms with Gasteiger partial charge in [-0.15, -0.1) is 11.3 Å². The lowest BCUT2D eigenvalue weighted by atomic mass is 10.2. The van der Waals surface area contributed by atoms with Gasteiger partial charge in [0.1, 0.15) is 5.82 Å². The summed E-state index contributed by atoms with van der Waals surface area (Å²) < 4.78 is 38.7. The van der Waals surface area contributed by atoms with Gasteiger partial charge in [0.25, 0.3) is 5.91 Å². The number of sulfonamides is 1. The van der Waals surface area contributed by atoms with Gasteiger partial charge in [-0.2, -0.15) is 0 Å². The number of nitrogens with one attached hydrogen (secondary N) is 2. The van der Waals surface area contributed by atoms with E-state index in [9.17, 15) is 17.6 Å². The monoisotopic (exact) mass is 392 g/mol. The summed E-state index contributed by atoms with van der Waals surface area (Å²) in [5.41, 5.74) is 0.0692. The largest absolute Gasteiger partial charge is 0.321 e. The number of anilines is 2. The number of halogens is 2. The first kappa shape index (κ1) is 15.9. The maximum atomic E-state index is 13.5. The van der Waals surface area contributed by atoms with Crippen molar-refractivity contribution in [3.63, 3.8) is 0 Å². The summed E-state index contributed by atoms with van der Waals surface area (Å²) in [6.07, 6.45) is 0.918. The highest BCUT2D eigenvalue weighted by Crippen LogP contribution is 2.24. The third kappa shape index (κ3) is 4.51. The van der Waals surface area contributed by atoms with Crippen LogP contribution in [0.3, 0.4) is 0 Å². The van der Waals surface area contributed by atoms with Crippen molar-refractivity contribution in [2.45, 2.75) is 0 Å². The predicted molar refractivity (Wildman–Crippen MR) is 84.8 cm³/mol. The third-order valence-corrected chi connectivity index (χ3v) is 4.53. The quantitative estimate of drug-likeness (QED) is 0.837. The van der Waals surface area contributed by atoms with E-state index >= 15 is 0 Å². The second-order valence-corrected chi connectivity index (χ2v) is 8.34. The molecule has 2 N–H and O–H groups in total. The smallest absolute Gasteiger partial charge is 0.265 e. The topological polar surface area (TPSA) is 75.3 Å². The highest BCUT2D eigenvalue weighted by atomic mass is 79.9. The fourth-order valence-electron chi connectivity index (χ4n) is 1.51. The molecule has 0 radical (unpaired) electrons. The second-order valence-electron chi connectivity index (χ2n) is 4.13. The van der Waals surface area contributed by atoms with Crippen LogP contribution in [0.4, 0.5) is 15.8 Å². The molecule has 0 bridgehead atoms. The number of thiophene rings is 1. The summed E-state index contributed by atoms with van der Waals surface area (Å²) in [6, 6.07) is 7.03. The molecule has 21 heavy (non-hydrogen) atoms. The van der Waals surface area contributed by atoms with Gasteiger partial charge < -0.3 is 5.32 Å². The van der Waals surface area contributed by atoms with Crippen LogP contribution < -0.4 is 10.0 Å². The Morgan fingerprint density at radius 1 is 1.29 bits per heavy atom. The van der Waals surface area contributed by atoms with Gasteiger partial charge in [-0.25, -0.2) is 12.8 Å². The van der Waals surface area contributed by atoms with E-state index in [1.165, 1.54) is 23.5 Å². The minimum Gasteiger partial charge on any atom is -0.321 e. The molecule has 0 atom stereocenters. The number of hydrogen-bond donors (Lipinski definition) is 2. The van der Waals surface area contributed by atoms with E-state index in [1.807, 2.05) is 4.72 Å². The van der Waals surface area contributed by atoms with Crippen LogP contribution in [0.5, 0.6) is 0 Å². The Hall–Kier alpha value is -1.45. The van der Waals surface area contributed by atoms with Gasteiger partial charge in [0.05, 0.1) is 20.6 Å². The number of carbonyl (C=O) groups excluding carboxylic acids is 1. The van der Waals surface area contributed by atoms with Gasteiger partial charge in [0.2, 0.25) is 10.0 Å². The molecule has 1 amide bonds. The van der Waals surface area contributed by atoms with Gasteiger partial charge in [-0.05, 0) is 46.3 Å². The summed E-state index contributed by atoms with van der Waals surface area (Å²) in [4.78, 5) is 12.4. The number of rotatable bonds is 4. The van der Waals surface area contributed by atoms with Crippen molar-refractivity contribution in [2.24, 2.45) is 0 Å². The van der Waals surface area contributed by atoms with Gasteiger partial charge in [0, 0.05) is 5.69 Å². The Morgan fingerprint density at radius 3 is 2.57 bits per heavy atom. The lowest BCUT2D eigenvalue weighted by molar-refractivity contribution is 0.103. The average molecular weight is 393 g/mol. The minimum atomic E-state index is -3.60. The maximum absolute atomic E-state index is 13.5. The van der Waals surface area contributed by atoms with E-state index in [-0.39, 0.29) is 17.3 Å². The summed E-state index contributed by atoms with van der Waals surface area (Å²) in [7, 11) is -3.60. The highest BCUT2D eigenvalue weighted by molar-refractivity contribution is 9.11. The van der Waals surface area contributed by atoms with Crippen LogP contribution in [0, 0.1) is 5.82 Å². The summed E-state index contributed by atoms with van der Waals surface area (Å²) in [5, 5.41) is 2.57. The van der Waals surface area contributed by atoms with Gasteiger partial charge in [-0.1, -0.05) is 0 Å². The molecule has 2 aromatic rings. The molecule has 0 saturated carbocycles. The molecule has 0 aliphatic carbocycles. The average Bonchev–Trinajstić information content (AvgIpc) is 2.78. The zero-order chi connectivity index (χ0) is 15.6. The molecule has 2 rings (SSSR count). The molecule has 1 aromatic heterocycles. The Morgan fingerprint density at radius 2 is 2.00 bits per heavy atom. The second kappa shape index (κ2) is 6.12. The highest BCUT2D eigenvalue weighted by Gasteiger charge is 2.12. The Kier molecular flexibility index (Phi) is 4.64. The Labute approximate surface area is 133 Å². The number of benzene rings is 1. The zero-order valence-corrected chi connectivity index (χ0v) is 13.9. The van der Waals surface area contributed by atoms with Crippen LogP contribution in [0.15, 0.2) is 34.1 Å². The molecule has 0 aliphatic rings. The van der Waals surface area contributed by atoms with Crippen LogP contribution in [0.25, 0.3) is 0 Å². The molecule has 0 fully saturated rings. The maximum Gasteiger partial charge on any atom is 0.265 e. The molecule has 112 valence electrons. The van der Waals surface area contributed by atoms with Crippen LogP contribution in [0.1, 0.15) is 9.67 Å². The SMILES string of the molecule is CS(=O)(=O)Nc1cc(NC(=O)c2ccc(Br)s2)ccc1F. The molecule has 0 unspecified atom stereocenters. The van der Waals surface area contributed by atoms with E-state index in [2.05, 4.69) is 21.2 Å². The predicted octanol–water partition coefficient (Wildman–Crippen LogP) is 3.27. The lowest BCUT2D eigenvalue weighted by Gasteiger charge is -2.09. The fourth-order valence-corrected chi connectivity index (χ4v) is 3.35. The summed E-state index contributed by atoms with van der Waals surface area (Å²) in [6.45, 7) is 0. The van der Waals surface area contributed by atoms with Gasteiger partial charge in [0.15, 0.2) is 0 Å². The molecule has 1 heterocycles. The molecule has 5 nitrogen and oxygen atoms in total. The molecular weight excluding hydrogens is 383 g/mol. The number of hydrogen-bond acceptors (Lipinski definition) is 4. The normalized spacial score (nSPS) is 11.2. The molecule has 9 heteroatoms. The third-order valence-electron chi connectivity index (χ3n) is 2.32. The number of amides is 1. The lowest BCUT2D eigenvalue weighted by Crippen LogP contribution is -2.13. The van der Waals surface area contributed by atoms with Crippen molar-refractivity contribution >= 4 is 54.6 Å². The van der Waals surface area contributed by atoms with Crippen molar-refractivity contribution in [1.29, 1.82) is 0 Å². The van der Waals surface area contributed by atoms with Crippen molar-refractivity contribution in [2.75, 3.05) is 16.3 Å². The summed E-state index contributed by atoms with van der Waals surface area (Å²) in [5.74, 6) is -1.08. The van der Waals surface area contributed by atoms with Crippen molar-refractivity contribution in [3.05, 3.63) is 44.8 Å². The first-order chi connectivity index (χ1) is 9.74. The van der Waals surface area contributed by atoms with Crippen LogP contribution in [-0.4, -0.2) is 20.6 Å². The van der Waals surface area contributed by atoms with E-state index in [0.717, 1.165) is 16.1 Å². The fraction of sp³-hybridized carbons (Fsp3) is 0.0833. The van der Waals surface area contributed by atoms with Crippen molar-refractivity contribution in [1.82, 2.24) is 0 Å². The van der Waals surface area contributed by atoms with Crippen molar-refractivity contribution in [3.8, 4) is 0 Å². The van der Waals surface area contributed by atoms with Crippen LogP contribution >= 0.6 is 27.3 Å². The number of carbonyl (C=O) groups is 1. The van der Waals surface area contributed by atoms with Gasteiger partial charge >= 0.3 is 0 Å². The van der Waals surface area contributed by atoms with E-state index in [0.29, 0.717) is 4.88 Å². The first-order valence-electron chi connectivity index (χ1n) is 5.58.